The number of aromatic nitrogens is 4. The molecular formula is C23H22N4O2. The van der Waals surface area contributed by atoms with Gasteiger partial charge in [0.05, 0.1) is 18.2 Å². The third-order valence-electron chi connectivity index (χ3n) is 5.79. The normalized spacial score (nSPS) is 16.1. The average Bonchev–Trinajstić information content (AvgIpc) is 3.32. The Morgan fingerprint density at radius 3 is 2.72 bits per heavy atom. The van der Waals surface area contributed by atoms with Crippen LogP contribution in [-0.2, 0) is 30.6 Å². The summed E-state index contributed by atoms with van der Waals surface area (Å²) in [5.41, 5.74) is 5.39. The summed E-state index contributed by atoms with van der Waals surface area (Å²) in [5.74, 6) is -0.784. The number of hydrogen-bond acceptors (Lipinski definition) is 3. The Labute approximate surface area is 168 Å². The second-order valence-corrected chi connectivity index (χ2v) is 7.67. The summed E-state index contributed by atoms with van der Waals surface area (Å²) >= 11 is 0. The lowest BCUT2D eigenvalue weighted by Crippen LogP contribution is -2.24. The second kappa shape index (κ2) is 7.20. The van der Waals surface area contributed by atoms with Crippen LogP contribution < -0.4 is 0 Å². The molecule has 29 heavy (non-hydrogen) atoms. The van der Waals surface area contributed by atoms with Crippen LogP contribution in [0, 0.1) is 0 Å². The van der Waals surface area contributed by atoms with Gasteiger partial charge in [0.25, 0.3) is 0 Å². The van der Waals surface area contributed by atoms with Gasteiger partial charge in [-0.2, -0.15) is 0 Å². The highest BCUT2D eigenvalue weighted by Gasteiger charge is 2.27. The molecule has 1 atom stereocenters. The van der Waals surface area contributed by atoms with Gasteiger partial charge in [-0.05, 0) is 30.0 Å². The highest BCUT2D eigenvalue weighted by Crippen LogP contribution is 2.34. The lowest BCUT2D eigenvalue weighted by molar-refractivity contribution is -0.136. The summed E-state index contributed by atoms with van der Waals surface area (Å²) in [6, 6.07) is 18.6. The summed E-state index contributed by atoms with van der Waals surface area (Å²) in [6.45, 7) is 0.781. The molecule has 0 aliphatic carbocycles. The lowest BCUT2D eigenvalue weighted by Gasteiger charge is -2.26. The fourth-order valence-electron chi connectivity index (χ4n) is 4.47. The van der Waals surface area contributed by atoms with E-state index in [-0.39, 0.29) is 12.5 Å². The summed E-state index contributed by atoms with van der Waals surface area (Å²) < 4.78 is 4.26. The zero-order valence-electron chi connectivity index (χ0n) is 16.0. The lowest BCUT2D eigenvalue weighted by atomic mass is 10.0. The number of benzene rings is 2. The number of para-hydroxylation sites is 1. The first kappa shape index (κ1) is 17.7. The number of carboxylic acid groups (broad SMARTS) is 1. The van der Waals surface area contributed by atoms with Crippen molar-refractivity contribution in [3.63, 3.8) is 0 Å². The monoisotopic (exact) mass is 386 g/mol. The van der Waals surface area contributed by atoms with Crippen LogP contribution >= 0.6 is 0 Å². The van der Waals surface area contributed by atoms with Crippen molar-refractivity contribution in [1.82, 2.24) is 19.6 Å². The molecule has 0 amide bonds. The van der Waals surface area contributed by atoms with Gasteiger partial charge in [0.2, 0.25) is 0 Å². The minimum Gasteiger partial charge on any atom is -0.481 e. The highest BCUT2D eigenvalue weighted by atomic mass is 16.4. The second-order valence-electron chi connectivity index (χ2n) is 7.67. The van der Waals surface area contributed by atoms with E-state index >= 15 is 0 Å². The molecule has 2 aromatic heterocycles. The molecular weight excluding hydrogens is 364 g/mol. The molecule has 0 spiro atoms. The van der Waals surface area contributed by atoms with Crippen LogP contribution in [0.15, 0.2) is 60.8 Å². The van der Waals surface area contributed by atoms with Crippen molar-refractivity contribution < 1.29 is 9.90 Å². The standard InChI is InChI=1S/C23H22N4O2/c28-23(29)13-20-19-8-4-5-9-21(19)26-15-18(10-11-22(20)26)27-14-17(24-25-27)12-16-6-2-1-3-7-16/h1-9,14,18H,10-13,15H2,(H,28,29). The molecule has 1 N–H and O–H groups in total. The van der Waals surface area contributed by atoms with Gasteiger partial charge in [-0.15, -0.1) is 5.10 Å². The first-order valence-electron chi connectivity index (χ1n) is 9.94. The number of carbonyl (C=O) groups is 1. The Morgan fingerprint density at radius 1 is 1.10 bits per heavy atom. The number of hydrogen-bond donors (Lipinski definition) is 1. The molecule has 1 unspecified atom stereocenters. The minimum atomic E-state index is -0.784. The van der Waals surface area contributed by atoms with Crippen molar-refractivity contribution in [2.75, 3.05) is 0 Å². The molecule has 6 heteroatoms. The Morgan fingerprint density at radius 2 is 1.90 bits per heavy atom. The first-order valence-corrected chi connectivity index (χ1v) is 9.94. The van der Waals surface area contributed by atoms with Gasteiger partial charge in [-0.1, -0.05) is 53.7 Å². The van der Waals surface area contributed by atoms with Gasteiger partial charge >= 0.3 is 5.97 Å². The van der Waals surface area contributed by atoms with Crippen LogP contribution in [0.4, 0.5) is 0 Å². The van der Waals surface area contributed by atoms with Crippen LogP contribution in [0.5, 0.6) is 0 Å². The Bertz CT molecular complexity index is 1180. The summed E-state index contributed by atoms with van der Waals surface area (Å²) in [4.78, 5) is 11.4. The molecule has 3 heterocycles. The van der Waals surface area contributed by atoms with Crippen molar-refractivity contribution in [3.8, 4) is 0 Å². The van der Waals surface area contributed by atoms with Crippen LogP contribution in [0.25, 0.3) is 10.9 Å². The fourth-order valence-corrected chi connectivity index (χ4v) is 4.47. The third kappa shape index (κ3) is 3.31. The summed E-state index contributed by atoms with van der Waals surface area (Å²) in [5, 5.41) is 19.2. The minimum absolute atomic E-state index is 0.0675. The quantitative estimate of drug-likeness (QED) is 0.568. The molecule has 0 fully saturated rings. The predicted molar refractivity (Wildman–Crippen MR) is 110 cm³/mol. The van der Waals surface area contributed by atoms with Crippen molar-refractivity contribution >= 4 is 16.9 Å². The van der Waals surface area contributed by atoms with Crippen molar-refractivity contribution in [2.24, 2.45) is 0 Å². The van der Waals surface area contributed by atoms with E-state index in [0.717, 1.165) is 53.7 Å². The van der Waals surface area contributed by atoms with E-state index in [1.165, 1.54) is 5.56 Å². The molecule has 0 radical (unpaired) electrons. The Hall–Kier alpha value is -3.41. The predicted octanol–water partition coefficient (Wildman–Crippen LogP) is 3.64. The van der Waals surface area contributed by atoms with E-state index in [2.05, 4.69) is 33.1 Å². The van der Waals surface area contributed by atoms with E-state index in [4.69, 9.17) is 0 Å². The van der Waals surface area contributed by atoms with Crippen LogP contribution in [0.1, 0.15) is 35.0 Å². The first-order chi connectivity index (χ1) is 14.2. The Kier molecular flexibility index (Phi) is 4.39. The maximum atomic E-state index is 11.4. The van der Waals surface area contributed by atoms with Gasteiger partial charge in [0, 0.05) is 35.8 Å². The molecule has 5 rings (SSSR count). The molecule has 0 saturated heterocycles. The zero-order valence-corrected chi connectivity index (χ0v) is 16.0. The van der Waals surface area contributed by atoms with E-state index in [9.17, 15) is 9.90 Å². The highest BCUT2D eigenvalue weighted by molar-refractivity contribution is 5.89. The summed E-state index contributed by atoms with van der Waals surface area (Å²) in [7, 11) is 0. The molecule has 1 aliphatic rings. The average molecular weight is 386 g/mol. The van der Waals surface area contributed by atoms with E-state index in [0.29, 0.717) is 0 Å². The molecule has 146 valence electrons. The van der Waals surface area contributed by atoms with Crippen LogP contribution in [0.2, 0.25) is 0 Å². The van der Waals surface area contributed by atoms with Crippen molar-refractivity contribution in [3.05, 3.63) is 83.3 Å². The molecule has 4 aromatic rings. The van der Waals surface area contributed by atoms with E-state index < -0.39 is 5.97 Å². The third-order valence-corrected chi connectivity index (χ3v) is 5.79. The van der Waals surface area contributed by atoms with Crippen LogP contribution in [0.3, 0.4) is 0 Å². The zero-order chi connectivity index (χ0) is 19.8. The number of nitrogens with zero attached hydrogens (tertiary/aromatic N) is 4. The molecule has 0 saturated carbocycles. The maximum absolute atomic E-state index is 11.4. The van der Waals surface area contributed by atoms with Gasteiger partial charge < -0.3 is 9.67 Å². The molecule has 6 nitrogen and oxygen atoms in total. The number of carboxylic acids is 1. The van der Waals surface area contributed by atoms with Gasteiger partial charge in [0.15, 0.2) is 0 Å². The van der Waals surface area contributed by atoms with Crippen molar-refractivity contribution in [1.29, 1.82) is 0 Å². The molecule has 1 aliphatic heterocycles. The van der Waals surface area contributed by atoms with E-state index in [1.807, 2.05) is 47.3 Å². The fraction of sp³-hybridized carbons (Fsp3) is 0.261. The molecule has 0 bridgehead atoms. The number of aliphatic carboxylic acids is 1. The number of fused-ring (bicyclic) bond motifs is 3. The maximum Gasteiger partial charge on any atom is 0.307 e. The summed E-state index contributed by atoms with van der Waals surface area (Å²) in [6.07, 6.45) is 4.66. The smallest absolute Gasteiger partial charge is 0.307 e. The Balaban J connectivity index is 1.44. The van der Waals surface area contributed by atoms with Gasteiger partial charge in [-0.25, -0.2) is 4.68 Å². The topological polar surface area (TPSA) is 72.9 Å². The SMILES string of the molecule is O=C(O)Cc1c2n(c3ccccc13)CC(n1cc(Cc3ccccc3)nn1)CC2. The van der Waals surface area contributed by atoms with Crippen molar-refractivity contribution in [2.45, 2.75) is 38.3 Å². The molecule has 2 aromatic carbocycles. The van der Waals surface area contributed by atoms with Gasteiger partial charge in [-0.3, -0.25) is 4.79 Å². The van der Waals surface area contributed by atoms with Gasteiger partial charge in [0.1, 0.15) is 0 Å². The largest absolute Gasteiger partial charge is 0.481 e. The van der Waals surface area contributed by atoms with E-state index in [1.54, 1.807) is 0 Å². The number of rotatable bonds is 5. The van der Waals surface area contributed by atoms with Crippen LogP contribution in [-0.4, -0.2) is 30.6 Å².